The van der Waals surface area contributed by atoms with Gasteiger partial charge >= 0.3 is 0 Å². The normalized spacial score (nSPS) is 17.6. The van der Waals surface area contributed by atoms with Crippen LogP contribution in [0.2, 0.25) is 5.02 Å². The Hall–Kier alpha value is -2.37. The number of nitrogens with zero attached hydrogens (tertiary/aromatic N) is 2. The van der Waals surface area contributed by atoms with Crippen LogP contribution in [0.15, 0.2) is 42.5 Å². The number of carboxylic acids is 1. The molecule has 1 saturated heterocycles. The lowest BCUT2D eigenvalue weighted by atomic mass is 10.0. The second-order valence-corrected chi connectivity index (χ2v) is 8.34. The number of fused-ring (bicyclic) bond motifs is 1. The maximum atomic E-state index is 12.7. The van der Waals surface area contributed by atoms with E-state index < -0.39 is 5.97 Å². The Balaban J connectivity index is 1.37. The number of carbonyl (C=O) groups excluding carboxylic acids is 2. The van der Waals surface area contributed by atoms with Crippen molar-refractivity contribution in [2.75, 3.05) is 24.5 Å². The van der Waals surface area contributed by atoms with Crippen molar-refractivity contribution in [1.82, 2.24) is 4.90 Å². The van der Waals surface area contributed by atoms with Crippen LogP contribution in [0, 0.1) is 0 Å². The van der Waals surface area contributed by atoms with E-state index in [0.717, 1.165) is 55.2 Å². The maximum absolute atomic E-state index is 12.7. The quantitative estimate of drug-likeness (QED) is 0.731. The molecule has 6 heteroatoms. The number of amides is 1. The lowest BCUT2D eigenvalue weighted by Crippen LogP contribution is -2.46. The zero-order chi connectivity index (χ0) is 20.4. The Kier molecular flexibility index (Phi) is 5.88. The summed E-state index contributed by atoms with van der Waals surface area (Å²) in [5.41, 5.74) is 3.79. The summed E-state index contributed by atoms with van der Waals surface area (Å²) >= 11 is 6.06. The molecule has 1 fully saturated rings. The van der Waals surface area contributed by atoms with Crippen molar-refractivity contribution in [3.05, 3.63) is 64.2 Å². The minimum Gasteiger partial charge on any atom is -0.550 e. The molecular weight excluding hydrogens is 388 g/mol. The van der Waals surface area contributed by atoms with E-state index >= 15 is 0 Å². The molecule has 0 bridgehead atoms. The molecule has 2 aliphatic heterocycles. The van der Waals surface area contributed by atoms with Gasteiger partial charge in [0.15, 0.2) is 0 Å². The number of halogens is 1. The highest BCUT2D eigenvalue weighted by molar-refractivity contribution is 6.30. The van der Waals surface area contributed by atoms with Crippen LogP contribution in [0.25, 0.3) is 0 Å². The van der Waals surface area contributed by atoms with Gasteiger partial charge in [-0.3, -0.25) is 4.79 Å². The minimum atomic E-state index is -1.10. The average Bonchev–Trinajstić information content (AvgIpc) is 3.01. The first kappa shape index (κ1) is 19.9. The molecule has 0 N–H and O–H groups in total. The molecule has 0 spiro atoms. The van der Waals surface area contributed by atoms with Crippen LogP contribution in [0.4, 0.5) is 5.69 Å². The van der Waals surface area contributed by atoms with Crippen molar-refractivity contribution in [2.24, 2.45) is 0 Å². The fourth-order valence-electron chi connectivity index (χ4n) is 4.42. The van der Waals surface area contributed by atoms with Gasteiger partial charge in [0.2, 0.25) is 5.91 Å². The third-order valence-corrected chi connectivity index (χ3v) is 6.13. The smallest absolute Gasteiger partial charge is 0.231 e. The van der Waals surface area contributed by atoms with Gasteiger partial charge in [-0.05, 0) is 54.2 Å². The SMILES string of the molecule is O=C([O-])Cc1ccc2c(c1)N(C1CCN(CCc3cccc(Cl)c3)CC1)C(=O)C2. The zero-order valence-corrected chi connectivity index (χ0v) is 17.0. The number of hydrogen-bond acceptors (Lipinski definition) is 4. The fourth-order valence-corrected chi connectivity index (χ4v) is 4.64. The lowest BCUT2D eigenvalue weighted by Gasteiger charge is -2.37. The second-order valence-electron chi connectivity index (χ2n) is 7.91. The van der Waals surface area contributed by atoms with Crippen LogP contribution in [-0.2, 0) is 28.9 Å². The van der Waals surface area contributed by atoms with Crippen molar-refractivity contribution in [2.45, 2.75) is 38.1 Å². The molecule has 2 aliphatic rings. The number of hydrogen-bond donors (Lipinski definition) is 0. The first-order valence-corrected chi connectivity index (χ1v) is 10.5. The van der Waals surface area contributed by atoms with Crippen LogP contribution in [-0.4, -0.2) is 42.5 Å². The number of carbonyl (C=O) groups is 2. The summed E-state index contributed by atoms with van der Waals surface area (Å²) in [5.74, 6) is -0.989. The van der Waals surface area contributed by atoms with Gasteiger partial charge in [0.25, 0.3) is 0 Å². The van der Waals surface area contributed by atoms with E-state index in [2.05, 4.69) is 11.0 Å². The Bertz CT molecular complexity index is 922. The number of piperidine rings is 1. The van der Waals surface area contributed by atoms with Crippen LogP contribution < -0.4 is 10.0 Å². The number of anilines is 1. The minimum absolute atomic E-state index is 0.114. The molecule has 0 aromatic heterocycles. The van der Waals surface area contributed by atoms with E-state index in [4.69, 9.17) is 11.6 Å². The molecule has 2 aromatic carbocycles. The summed E-state index contributed by atoms with van der Waals surface area (Å²) in [4.78, 5) is 27.9. The van der Waals surface area contributed by atoms with Crippen molar-refractivity contribution < 1.29 is 14.7 Å². The van der Waals surface area contributed by atoms with Crippen molar-refractivity contribution in [3.63, 3.8) is 0 Å². The fraction of sp³-hybridized carbons (Fsp3) is 0.391. The molecule has 2 heterocycles. The summed E-state index contributed by atoms with van der Waals surface area (Å²) in [5, 5.41) is 11.7. The molecule has 0 atom stereocenters. The van der Waals surface area contributed by atoms with Crippen LogP contribution in [0.1, 0.15) is 29.5 Å². The molecule has 152 valence electrons. The summed E-state index contributed by atoms with van der Waals surface area (Å²) in [6.45, 7) is 2.87. The Morgan fingerprint density at radius 2 is 1.90 bits per heavy atom. The molecule has 0 unspecified atom stereocenters. The molecule has 29 heavy (non-hydrogen) atoms. The largest absolute Gasteiger partial charge is 0.550 e. The molecular formula is C23H24ClN2O3-. The maximum Gasteiger partial charge on any atom is 0.231 e. The van der Waals surface area contributed by atoms with Gasteiger partial charge in [0.05, 0.1) is 6.42 Å². The molecule has 1 amide bonds. The third kappa shape index (κ3) is 4.62. The molecule has 0 aliphatic carbocycles. The number of rotatable bonds is 6. The molecule has 0 radical (unpaired) electrons. The van der Waals surface area contributed by atoms with Crippen LogP contribution >= 0.6 is 11.6 Å². The molecule has 5 nitrogen and oxygen atoms in total. The van der Waals surface area contributed by atoms with Gasteiger partial charge in [-0.2, -0.15) is 0 Å². The first-order chi connectivity index (χ1) is 14.0. The van der Waals surface area contributed by atoms with Crippen LogP contribution in [0.5, 0.6) is 0 Å². The summed E-state index contributed by atoms with van der Waals surface area (Å²) in [6, 6.07) is 13.7. The second kappa shape index (κ2) is 8.56. The summed E-state index contributed by atoms with van der Waals surface area (Å²) in [7, 11) is 0. The van der Waals surface area contributed by atoms with Gasteiger partial charge in [-0.1, -0.05) is 35.9 Å². The summed E-state index contributed by atoms with van der Waals surface area (Å²) < 4.78 is 0. The highest BCUT2D eigenvalue weighted by Crippen LogP contribution is 2.34. The van der Waals surface area contributed by atoms with Gasteiger partial charge < -0.3 is 19.7 Å². The van der Waals surface area contributed by atoms with E-state index in [1.54, 1.807) is 6.07 Å². The van der Waals surface area contributed by atoms with E-state index in [-0.39, 0.29) is 18.4 Å². The number of aliphatic carboxylic acids is 1. The van der Waals surface area contributed by atoms with E-state index in [1.807, 2.05) is 35.2 Å². The molecule has 0 saturated carbocycles. The molecule has 4 rings (SSSR count). The van der Waals surface area contributed by atoms with Crippen molar-refractivity contribution >= 4 is 29.2 Å². The van der Waals surface area contributed by atoms with Crippen LogP contribution in [0.3, 0.4) is 0 Å². The Morgan fingerprint density at radius 3 is 2.62 bits per heavy atom. The molecule has 2 aromatic rings. The average molecular weight is 412 g/mol. The number of likely N-dealkylation sites (tertiary alicyclic amines) is 1. The van der Waals surface area contributed by atoms with Gasteiger partial charge in [0, 0.05) is 48.8 Å². The highest BCUT2D eigenvalue weighted by Gasteiger charge is 2.34. The zero-order valence-electron chi connectivity index (χ0n) is 16.3. The van der Waals surface area contributed by atoms with E-state index in [9.17, 15) is 14.7 Å². The first-order valence-electron chi connectivity index (χ1n) is 10.1. The standard InChI is InChI=1S/C23H25ClN2O3/c24-19-3-1-2-16(12-19)6-9-25-10-7-20(8-11-25)26-21-13-17(14-23(28)29)4-5-18(21)15-22(26)27/h1-5,12-13,20H,6-11,14-15H2,(H,28,29)/p-1. The Morgan fingerprint density at radius 1 is 1.10 bits per heavy atom. The monoisotopic (exact) mass is 411 g/mol. The van der Waals surface area contributed by atoms with E-state index in [1.165, 1.54) is 5.56 Å². The van der Waals surface area contributed by atoms with Gasteiger partial charge in [-0.25, -0.2) is 0 Å². The number of benzene rings is 2. The lowest BCUT2D eigenvalue weighted by molar-refractivity contribution is -0.304. The van der Waals surface area contributed by atoms with E-state index in [0.29, 0.717) is 12.0 Å². The topological polar surface area (TPSA) is 63.7 Å². The predicted octanol–water partition coefficient (Wildman–Crippen LogP) is 2.23. The van der Waals surface area contributed by atoms with Gasteiger partial charge in [0.1, 0.15) is 0 Å². The third-order valence-electron chi connectivity index (χ3n) is 5.90. The summed E-state index contributed by atoms with van der Waals surface area (Å²) in [6.07, 6.45) is 3.08. The highest BCUT2D eigenvalue weighted by atomic mass is 35.5. The Labute approximate surface area is 175 Å². The van der Waals surface area contributed by atoms with Crippen molar-refractivity contribution in [1.29, 1.82) is 0 Å². The predicted molar refractivity (Wildman–Crippen MR) is 111 cm³/mol. The van der Waals surface area contributed by atoms with Crippen molar-refractivity contribution in [3.8, 4) is 0 Å². The number of carboxylic acid groups (broad SMARTS) is 1. The van der Waals surface area contributed by atoms with Gasteiger partial charge in [-0.15, -0.1) is 0 Å².